The summed E-state index contributed by atoms with van der Waals surface area (Å²) in [6.07, 6.45) is 23.5. The first-order valence-electron chi connectivity index (χ1n) is 11.1. The summed E-state index contributed by atoms with van der Waals surface area (Å²) in [5, 5.41) is 0. The van der Waals surface area contributed by atoms with Gasteiger partial charge in [0.15, 0.2) is 6.29 Å². The van der Waals surface area contributed by atoms with E-state index in [0.717, 1.165) is 70.5 Å². The molecule has 4 nitrogen and oxygen atoms in total. The Balaban J connectivity index is 4.31. The van der Waals surface area contributed by atoms with Crippen LogP contribution in [0.4, 0.5) is 0 Å². The highest BCUT2D eigenvalue weighted by Crippen LogP contribution is 2.24. The van der Waals surface area contributed by atoms with Gasteiger partial charge in [-0.05, 0) is 44.4 Å². The molecule has 0 aliphatic heterocycles. The number of carbonyl (C=O) groups excluding carboxylic acids is 1. The van der Waals surface area contributed by atoms with Gasteiger partial charge in [0.1, 0.15) is 6.10 Å². The van der Waals surface area contributed by atoms with E-state index in [4.69, 9.17) is 4.18 Å². The third kappa shape index (κ3) is 17.2. The van der Waals surface area contributed by atoms with Gasteiger partial charge >= 0.3 is 0 Å². The summed E-state index contributed by atoms with van der Waals surface area (Å²) >= 11 is 0. The van der Waals surface area contributed by atoms with Gasteiger partial charge in [0.25, 0.3) is 10.1 Å². The quantitative estimate of drug-likeness (QED) is 0.107. The molecule has 0 aromatic heterocycles. The van der Waals surface area contributed by atoms with E-state index in [-0.39, 0.29) is 5.92 Å². The van der Waals surface area contributed by atoms with Crippen molar-refractivity contribution in [2.45, 2.75) is 103 Å². The highest BCUT2D eigenvalue weighted by atomic mass is 32.2. The molecule has 5 heteroatoms. The molecule has 0 spiro atoms. The molecule has 2 atom stereocenters. The van der Waals surface area contributed by atoms with Crippen LogP contribution in [-0.2, 0) is 19.1 Å². The average Bonchev–Trinajstić information content (AvgIpc) is 2.65. The predicted molar refractivity (Wildman–Crippen MR) is 119 cm³/mol. The van der Waals surface area contributed by atoms with Crippen LogP contribution in [0.5, 0.6) is 0 Å². The fourth-order valence-electron chi connectivity index (χ4n) is 3.30. The zero-order valence-corrected chi connectivity index (χ0v) is 19.1. The molecule has 164 valence electrons. The number of aldehydes is 1. The zero-order chi connectivity index (χ0) is 21.1. The molecule has 0 rings (SSSR count). The maximum Gasteiger partial charge on any atom is 0.265 e. The first-order valence-corrected chi connectivity index (χ1v) is 12.9. The van der Waals surface area contributed by atoms with Crippen molar-refractivity contribution in [2.75, 3.05) is 6.26 Å². The van der Waals surface area contributed by atoms with Gasteiger partial charge < -0.3 is 4.79 Å². The molecular formula is C23H42O4S. The lowest BCUT2D eigenvalue weighted by molar-refractivity contribution is -0.115. The lowest BCUT2D eigenvalue weighted by Gasteiger charge is -2.22. The fourth-order valence-corrected chi connectivity index (χ4v) is 3.90. The first kappa shape index (κ1) is 27.1. The lowest BCUT2D eigenvalue weighted by atomic mass is 9.90. The summed E-state index contributed by atoms with van der Waals surface area (Å²) in [5.41, 5.74) is 0. The van der Waals surface area contributed by atoms with Crippen molar-refractivity contribution in [2.24, 2.45) is 5.92 Å². The van der Waals surface area contributed by atoms with Crippen molar-refractivity contribution in [1.29, 1.82) is 0 Å². The Morgan fingerprint density at radius 3 is 2.00 bits per heavy atom. The van der Waals surface area contributed by atoms with Crippen LogP contribution >= 0.6 is 0 Å². The molecule has 28 heavy (non-hydrogen) atoms. The van der Waals surface area contributed by atoms with E-state index < -0.39 is 16.2 Å². The number of unbranched alkanes of at least 4 members (excludes halogenated alkanes) is 7. The van der Waals surface area contributed by atoms with Gasteiger partial charge in [-0.1, -0.05) is 83.1 Å². The molecule has 0 fully saturated rings. The van der Waals surface area contributed by atoms with Crippen LogP contribution in [0.15, 0.2) is 24.3 Å². The molecule has 0 N–H and O–H groups in total. The van der Waals surface area contributed by atoms with Crippen molar-refractivity contribution in [1.82, 2.24) is 0 Å². The number of allylic oxidation sites excluding steroid dienone is 4. The molecule has 0 aliphatic rings. The number of rotatable bonds is 19. The summed E-state index contributed by atoms with van der Waals surface area (Å²) in [6.45, 7) is 4.32. The van der Waals surface area contributed by atoms with Crippen LogP contribution in [-0.4, -0.2) is 27.1 Å². The summed E-state index contributed by atoms with van der Waals surface area (Å²) < 4.78 is 28.0. The minimum absolute atomic E-state index is 0.0106. The highest BCUT2D eigenvalue weighted by molar-refractivity contribution is 7.86. The molecule has 0 saturated carbocycles. The monoisotopic (exact) mass is 414 g/mol. The maximum absolute atomic E-state index is 11.5. The molecule has 0 saturated heterocycles. The standard InChI is InChI=1S/C23H42O4S/c1-4-6-8-10-11-12-13-14-16-18-20-22(19-17-15-9-7-5-2)23(21-24)27-28(3,25)26/h6,8,11-12,21-23H,4-5,7,9-10,13-20H2,1-3H3. The molecule has 0 aliphatic carbocycles. The highest BCUT2D eigenvalue weighted by Gasteiger charge is 2.25. The maximum atomic E-state index is 11.5. The van der Waals surface area contributed by atoms with Gasteiger partial charge in [-0.2, -0.15) is 8.42 Å². The number of hydrogen-bond acceptors (Lipinski definition) is 4. The third-order valence-electron chi connectivity index (χ3n) is 4.85. The molecule has 0 amide bonds. The topological polar surface area (TPSA) is 60.4 Å². The minimum atomic E-state index is -3.62. The van der Waals surface area contributed by atoms with Gasteiger partial charge in [0.2, 0.25) is 0 Å². The van der Waals surface area contributed by atoms with Crippen LogP contribution in [0, 0.1) is 5.92 Å². The van der Waals surface area contributed by atoms with E-state index in [1.165, 1.54) is 19.3 Å². The van der Waals surface area contributed by atoms with Gasteiger partial charge in [0, 0.05) is 0 Å². The number of carbonyl (C=O) groups is 1. The zero-order valence-electron chi connectivity index (χ0n) is 18.3. The van der Waals surface area contributed by atoms with Crippen LogP contribution < -0.4 is 0 Å². The first-order chi connectivity index (χ1) is 13.4. The predicted octanol–water partition coefficient (Wildman–Crippen LogP) is 6.37. The van der Waals surface area contributed by atoms with Crippen LogP contribution in [0.2, 0.25) is 0 Å². The van der Waals surface area contributed by atoms with Crippen molar-refractivity contribution < 1.29 is 17.4 Å². The molecule has 0 aromatic carbocycles. The molecule has 0 aromatic rings. The fraction of sp³-hybridized carbons (Fsp3) is 0.783. The van der Waals surface area contributed by atoms with Crippen molar-refractivity contribution in [3.63, 3.8) is 0 Å². The van der Waals surface area contributed by atoms with Gasteiger partial charge in [-0.15, -0.1) is 0 Å². The second kappa shape index (κ2) is 18.1. The summed E-state index contributed by atoms with van der Waals surface area (Å²) in [6, 6.07) is 0. The average molecular weight is 415 g/mol. The Hall–Kier alpha value is -0.940. The smallest absolute Gasteiger partial charge is 0.265 e. The van der Waals surface area contributed by atoms with Gasteiger partial charge in [-0.25, -0.2) is 0 Å². The normalized spacial score (nSPS) is 14.7. The van der Waals surface area contributed by atoms with E-state index in [0.29, 0.717) is 6.29 Å². The molecule has 0 radical (unpaired) electrons. The third-order valence-corrected chi connectivity index (χ3v) is 5.42. The molecule has 0 heterocycles. The van der Waals surface area contributed by atoms with E-state index in [1.54, 1.807) is 0 Å². The van der Waals surface area contributed by atoms with E-state index in [1.807, 2.05) is 0 Å². The van der Waals surface area contributed by atoms with Crippen molar-refractivity contribution >= 4 is 16.4 Å². The van der Waals surface area contributed by atoms with E-state index >= 15 is 0 Å². The summed E-state index contributed by atoms with van der Waals surface area (Å²) in [4.78, 5) is 11.4. The molecule has 0 bridgehead atoms. The van der Waals surface area contributed by atoms with Gasteiger partial charge in [0.05, 0.1) is 6.26 Å². The summed E-state index contributed by atoms with van der Waals surface area (Å²) in [7, 11) is -3.62. The largest absolute Gasteiger partial charge is 0.300 e. The number of hydrogen-bond donors (Lipinski definition) is 0. The van der Waals surface area contributed by atoms with E-state index in [9.17, 15) is 13.2 Å². The lowest BCUT2D eigenvalue weighted by Crippen LogP contribution is -2.28. The van der Waals surface area contributed by atoms with Crippen LogP contribution in [0.3, 0.4) is 0 Å². The Labute approximate surface area is 173 Å². The van der Waals surface area contributed by atoms with Crippen LogP contribution in [0.25, 0.3) is 0 Å². The minimum Gasteiger partial charge on any atom is -0.300 e. The van der Waals surface area contributed by atoms with Gasteiger partial charge in [-0.3, -0.25) is 4.18 Å². The molecule has 2 unspecified atom stereocenters. The Morgan fingerprint density at radius 2 is 1.43 bits per heavy atom. The Kier molecular flexibility index (Phi) is 17.5. The van der Waals surface area contributed by atoms with Crippen LogP contribution in [0.1, 0.15) is 97.3 Å². The van der Waals surface area contributed by atoms with Crippen molar-refractivity contribution in [3.05, 3.63) is 24.3 Å². The Morgan fingerprint density at radius 1 is 0.821 bits per heavy atom. The molecular weight excluding hydrogens is 372 g/mol. The summed E-state index contributed by atoms with van der Waals surface area (Å²) in [5.74, 6) is -0.0106. The van der Waals surface area contributed by atoms with E-state index in [2.05, 4.69) is 38.2 Å². The van der Waals surface area contributed by atoms with Crippen molar-refractivity contribution in [3.8, 4) is 0 Å². The Bertz CT molecular complexity index is 523. The SMILES string of the molecule is CCC=CCC=CCCCCCC(CCCCCCC)C(C=O)OS(C)(=O)=O. The second-order valence-corrected chi connectivity index (χ2v) is 9.19. The second-order valence-electron chi connectivity index (χ2n) is 7.59.